The van der Waals surface area contributed by atoms with Gasteiger partial charge in [0.25, 0.3) is 0 Å². The van der Waals surface area contributed by atoms with Crippen molar-refractivity contribution in [2.24, 2.45) is 5.73 Å². The van der Waals surface area contributed by atoms with Crippen LogP contribution in [0.1, 0.15) is 11.1 Å². The molecule has 0 atom stereocenters. The zero-order valence-electron chi connectivity index (χ0n) is 10.2. The van der Waals surface area contributed by atoms with Crippen LogP contribution in [0.3, 0.4) is 0 Å². The molecule has 2 rings (SSSR count). The Hall–Kier alpha value is -1.53. The largest absolute Gasteiger partial charge is 0.489 e. The molecule has 2 nitrogen and oxygen atoms in total. The van der Waals surface area contributed by atoms with Crippen LogP contribution in [0.4, 0.5) is 8.78 Å². The lowest BCUT2D eigenvalue weighted by Gasteiger charge is -2.09. The lowest BCUT2D eigenvalue weighted by Crippen LogP contribution is -2.10. The molecule has 6 heteroatoms. The van der Waals surface area contributed by atoms with Crippen LogP contribution in [0.25, 0.3) is 0 Å². The highest BCUT2D eigenvalue weighted by molar-refractivity contribution is 9.10. The first-order valence-electron chi connectivity index (χ1n) is 5.63. The maximum Gasteiger partial charge on any atom is 0.137 e. The average molecular weight is 358 g/mol. The van der Waals surface area contributed by atoms with Crippen molar-refractivity contribution in [1.82, 2.24) is 0 Å². The van der Waals surface area contributed by atoms with Gasteiger partial charge in [-0.1, -0.05) is 12.2 Å². The first kappa shape index (κ1) is 14.9. The average Bonchev–Trinajstić information content (AvgIpc) is 2.41. The van der Waals surface area contributed by atoms with E-state index in [1.54, 1.807) is 0 Å². The second-order valence-electron chi connectivity index (χ2n) is 4.04. The van der Waals surface area contributed by atoms with E-state index in [-0.39, 0.29) is 21.9 Å². The normalized spacial score (nSPS) is 10.3. The summed E-state index contributed by atoms with van der Waals surface area (Å²) >= 11 is 7.90. The minimum atomic E-state index is -0.411. The van der Waals surface area contributed by atoms with E-state index in [9.17, 15) is 8.78 Å². The predicted molar refractivity (Wildman–Crippen MR) is 80.7 cm³/mol. The van der Waals surface area contributed by atoms with E-state index in [4.69, 9.17) is 22.7 Å². The highest BCUT2D eigenvalue weighted by Crippen LogP contribution is 2.23. The summed E-state index contributed by atoms with van der Waals surface area (Å²) in [5.74, 6) is -0.372. The Kier molecular flexibility index (Phi) is 4.67. The van der Waals surface area contributed by atoms with E-state index in [2.05, 4.69) is 15.9 Å². The summed E-state index contributed by atoms with van der Waals surface area (Å²) in [4.78, 5) is 0.191. The molecule has 0 fully saturated rings. The molecule has 0 amide bonds. The van der Waals surface area contributed by atoms with Gasteiger partial charge in [-0.05, 0) is 52.3 Å². The second-order valence-corrected chi connectivity index (χ2v) is 5.33. The van der Waals surface area contributed by atoms with E-state index in [0.717, 1.165) is 0 Å². The van der Waals surface area contributed by atoms with Crippen molar-refractivity contribution in [3.05, 3.63) is 63.6 Å². The first-order chi connectivity index (χ1) is 9.47. The third-order valence-electron chi connectivity index (χ3n) is 2.62. The van der Waals surface area contributed by atoms with Crippen LogP contribution in [0, 0.1) is 11.6 Å². The molecule has 0 aliphatic rings. The molecule has 2 aromatic carbocycles. The van der Waals surface area contributed by atoms with E-state index in [1.807, 2.05) is 0 Å². The second kappa shape index (κ2) is 6.28. The van der Waals surface area contributed by atoms with Crippen molar-refractivity contribution in [3.8, 4) is 5.75 Å². The summed E-state index contributed by atoms with van der Waals surface area (Å²) in [5.41, 5.74) is 6.40. The Bertz CT molecular complexity index is 664. The molecule has 0 heterocycles. The number of hydrogen-bond acceptors (Lipinski definition) is 2. The van der Waals surface area contributed by atoms with Gasteiger partial charge in [-0.15, -0.1) is 0 Å². The number of thiocarbonyl (C=S) groups is 1. The Morgan fingerprint density at radius 3 is 2.50 bits per heavy atom. The van der Waals surface area contributed by atoms with E-state index < -0.39 is 5.82 Å². The van der Waals surface area contributed by atoms with Crippen molar-refractivity contribution in [3.63, 3.8) is 0 Å². The third-order valence-corrected chi connectivity index (χ3v) is 3.46. The summed E-state index contributed by atoms with van der Waals surface area (Å²) in [5, 5.41) is 0. The first-order valence-corrected chi connectivity index (χ1v) is 6.83. The minimum absolute atomic E-state index is 0.000356. The molecule has 0 aromatic heterocycles. The van der Waals surface area contributed by atoms with Gasteiger partial charge >= 0.3 is 0 Å². The number of rotatable bonds is 4. The number of halogens is 3. The maximum absolute atomic E-state index is 13.6. The SMILES string of the molecule is NC(=S)c1ccc(F)c(COc2ccc(F)c(Br)c2)c1. The molecule has 0 unspecified atom stereocenters. The van der Waals surface area contributed by atoms with Crippen molar-refractivity contribution in [2.75, 3.05) is 0 Å². The molecule has 104 valence electrons. The van der Waals surface area contributed by atoms with Crippen LogP contribution in [0.5, 0.6) is 5.75 Å². The van der Waals surface area contributed by atoms with Crippen molar-refractivity contribution in [2.45, 2.75) is 6.61 Å². The molecular weight excluding hydrogens is 348 g/mol. The Labute approximate surface area is 128 Å². The lowest BCUT2D eigenvalue weighted by molar-refractivity contribution is 0.299. The molecule has 2 aromatic rings. The van der Waals surface area contributed by atoms with Crippen LogP contribution in [0.15, 0.2) is 40.9 Å². The lowest BCUT2D eigenvalue weighted by atomic mass is 10.1. The van der Waals surface area contributed by atoms with Crippen LogP contribution < -0.4 is 10.5 Å². The topological polar surface area (TPSA) is 35.2 Å². The van der Waals surface area contributed by atoms with Gasteiger partial charge in [-0.3, -0.25) is 0 Å². The number of nitrogens with two attached hydrogens (primary N) is 1. The summed E-state index contributed by atoms with van der Waals surface area (Å²) in [6.45, 7) is 0.000356. The molecule has 0 radical (unpaired) electrons. The fourth-order valence-corrected chi connectivity index (χ4v) is 2.05. The van der Waals surface area contributed by atoms with Gasteiger partial charge in [-0.25, -0.2) is 8.78 Å². The molecule has 0 aliphatic heterocycles. The number of ether oxygens (including phenoxy) is 1. The van der Waals surface area contributed by atoms with Crippen LogP contribution in [0.2, 0.25) is 0 Å². The number of benzene rings is 2. The third kappa shape index (κ3) is 3.52. The van der Waals surface area contributed by atoms with Gasteiger partial charge in [0.2, 0.25) is 0 Å². The molecule has 2 N–H and O–H groups in total. The summed E-state index contributed by atoms with van der Waals surface area (Å²) in [7, 11) is 0. The van der Waals surface area contributed by atoms with E-state index in [1.165, 1.54) is 36.4 Å². The molecule has 0 saturated heterocycles. The Morgan fingerprint density at radius 1 is 1.15 bits per heavy atom. The zero-order valence-corrected chi connectivity index (χ0v) is 12.6. The fraction of sp³-hybridized carbons (Fsp3) is 0.0714. The molecule has 20 heavy (non-hydrogen) atoms. The summed E-state index contributed by atoms with van der Waals surface area (Å²) in [6, 6.07) is 8.54. The molecular formula is C14H10BrF2NOS. The smallest absolute Gasteiger partial charge is 0.137 e. The van der Waals surface area contributed by atoms with E-state index >= 15 is 0 Å². The van der Waals surface area contributed by atoms with Gasteiger partial charge in [-0.2, -0.15) is 0 Å². The molecule has 0 saturated carbocycles. The fourth-order valence-electron chi connectivity index (χ4n) is 1.57. The van der Waals surface area contributed by atoms with Gasteiger partial charge in [0, 0.05) is 11.1 Å². The van der Waals surface area contributed by atoms with Crippen LogP contribution in [-0.4, -0.2) is 4.99 Å². The molecule has 0 bridgehead atoms. The summed E-state index contributed by atoms with van der Waals surface area (Å²) < 4.78 is 32.4. The molecule has 0 aliphatic carbocycles. The summed E-state index contributed by atoms with van der Waals surface area (Å²) in [6.07, 6.45) is 0. The van der Waals surface area contributed by atoms with Gasteiger partial charge in [0.1, 0.15) is 29.0 Å². The van der Waals surface area contributed by atoms with E-state index in [0.29, 0.717) is 16.9 Å². The molecule has 0 spiro atoms. The van der Waals surface area contributed by atoms with Crippen LogP contribution >= 0.6 is 28.1 Å². The predicted octanol–water partition coefficient (Wildman–Crippen LogP) is 3.94. The van der Waals surface area contributed by atoms with Gasteiger partial charge < -0.3 is 10.5 Å². The standard InChI is InChI=1S/C14H10BrF2NOS/c15-11-6-10(2-4-13(11)17)19-7-9-5-8(14(18)20)1-3-12(9)16/h1-6H,7H2,(H2,18,20). The van der Waals surface area contributed by atoms with Crippen molar-refractivity contribution >= 4 is 33.1 Å². The Balaban J connectivity index is 2.15. The monoisotopic (exact) mass is 357 g/mol. The number of hydrogen-bond donors (Lipinski definition) is 1. The van der Waals surface area contributed by atoms with Crippen molar-refractivity contribution in [1.29, 1.82) is 0 Å². The highest BCUT2D eigenvalue weighted by atomic mass is 79.9. The van der Waals surface area contributed by atoms with Gasteiger partial charge in [0.05, 0.1) is 4.47 Å². The van der Waals surface area contributed by atoms with Gasteiger partial charge in [0.15, 0.2) is 0 Å². The highest BCUT2D eigenvalue weighted by Gasteiger charge is 2.07. The Morgan fingerprint density at radius 2 is 1.85 bits per heavy atom. The van der Waals surface area contributed by atoms with Crippen molar-refractivity contribution < 1.29 is 13.5 Å². The quantitative estimate of drug-likeness (QED) is 0.841. The van der Waals surface area contributed by atoms with Crippen LogP contribution in [-0.2, 0) is 6.61 Å². The zero-order chi connectivity index (χ0) is 14.7. The maximum atomic E-state index is 13.6. The minimum Gasteiger partial charge on any atom is -0.489 e.